The van der Waals surface area contributed by atoms with Gasteiger partial charge in [0.15, 0.2) is 11.5 Å². The molecule has 0 saturated carbocycles. The van der Waals surface area contributed by atoms with E-state index >= 15 is 0 Å². The topological polar surface area (TPSA) is 145 Å². The minimum absolute atomic E-state index is 0.0110. The Hall–Kier alpha value is -5.63. The summed E-state index contributed by atoms with van der Waals surface area (Å²) < 4.78 is 25.7. The summed E-state index contributed by atoms with van der Waals surface area (Å²) >= 11 is 0. The number of aromatic nitrogens is 2. The van der Waals surface area contributed by atoms with Crippen molar-refractivity contribution in [1.29, 1.82) is 0 Å². The zero-order valence-corrected chi connectivity index (χ0v) is 33.3. The third kappa shape index (κ3) is 8.55. The largest absolute Gasteiger partial charge is 0.495 e. The Morgan fingerprint density at radius 3 is 2.25 bits per heavy atom. The van der Waals surface area contributed by atoms with E-state index in [4.69, 9.17) is 18.9 Å². The second-order valence-corrected chi connectivity index (χ2v) is 15.0. The smallest absolute Gasteiger partial charge is 0.328 e. The highest BCUT2D eigenvalue weighted by Gasteiger charge is 2.31. The van der Waals surface area contributed by atoms with E-state index in [0.717, 1.165) is 74.7 Å². The Kier molecular flexibility index (Phi) is 12.3. The number of aryl methyl sites for hydroxylation is 1. The second kappa shape index (κ2) is 17.7. The van der Waals surface area contributed by atoms with Crippen LogP contribution in [0.15, 0.2) is 59.8 Å². The molecule has 2 aromatic heterocycles. The molecule has 3 aliphatic heterocycles. The van der Waals surface area contributed by atoms with Crippen LogP contribution >= 0.6 is 0 Å². The minimum atomic E-state index is -0.522. The summed E-state index contributed by atoms with van der Waals surface area (Å²) in [5.41, 5.74) is 2.66. The van der Waals surface area contributed by atoms with Crippen molar-refractivity contribution in [3.8, 4) is 34.1 Å². The van der Waals surface area contributed by atoms with Gasteiger partial charge >= 0.3 is 6.03 Å². The van der Waals surface area contributed by atoms with Crippen molar-refractivity contribution in [2.75, 3.05) is 65.5 Å². The third-order valence-electron chi connectivity index (χ3n) is 11.4. The summed E-state index contributed by atoms with van der Waals surface area (Å²) in [5.74, 6) is 2.25. The number of methoxy groups -OCH3 is 3. The Balaban J connectivity index is 0.953. The standard InChI is InChI=1S/C43H52N6O8/c1-5-6-16-48-27-34(32-9-15-44-25-33(32)42(48)52)30-23-37(55-3)40(38(24-30)56-4)57-31-12-17-46(18-13-31)26-28-10-19-47(20-11-28)41(51)29-7-8-36(54-2)35(22-29)49-21-14-39(50)45-43(49)53/h7-9,15,22-25,27-28,31H,5-6,10-14,16-21,26H2,1-4H3,(H,45,50,53). The number of imide groups is 1. The number of piperidine rings is 2. The number of fused-ring (bicyclic) bond motifs is 1. The van der Waals surface area contributed by atoms with E-state index in [1.54, 1.807) is 49.4 Å². The summed E-state index contributed by atoms with van der Waals surface area (Å²) in [6.45, 7) is 7.04. The van der Waals surface area contributed by atoms with Crippen LogP contribution in [0.4, 0.5) is 10.5 Å². The maximum Gasteiger partial charge on any atom is 0.328 e. The lowest BCUT2D eigenvalue weighted by molar-refractivity contribution is -0.120. The average molecular weight is 781 g/mol. The number of nitrogens with zero attached hydrogens (tertiary/aromatic N) is 5. The van der Waals surface area contributed by atoms with Gasteiger partial charge in [-0.2, -0.15) is 0 Å². The van der Waals surface area contributed by atoms with Crippen LogP contribution in [-0.2, 0) is 11.3 Å². The van der Waals surface area contributed by atoms with Gasteiger partial charge in [0.1, 0.15) is 11.9 Å². The molecule has 3 fully saturated rings. The Labute approximate surface area is 332 Å². The molecule has 0 atom stereocenters. The number of nitrogens with one attached hydrogen (secondary N) is 1. The predicted molar refractivity (Wildman–Crippen MR) is 217 cm³/mol. The van der Waals surface area contributed by atoms with Crippen molar-refractivity contribution in [3.05, 3.63) is 70.9 Å². The number of amides is 4. The van der Waals surface area contributed by atoms with Gasteiger partial charge < -0.3 is 33.3 Å². The van der Waals surface area contributed by atoms with Crippen LogP contribution in [0.2, 0.25) is 0 Å². The molecule has 302 valence electrons. The van der Waals surface area contributed by atoms with Crippen molar-refractivity contribution in [2.24, 2.45) is 5.92 Å². The van der Waals surface area contributed by atoms with E-state index in [0.29, 0.717) is 65.2 Å². The van der Waals surface area contributed by atoms with Crippen LogP contribution in [0.5, 0.6) is 23.0 Å². The fraction of sp³-hybridized carbons (Fsp3) is 0.465. The minimum Gasteiger partial charge on any atom is -0.495 e. The van der Waals surface area contributed by atoms with Crippen molar-refractivity contribution in [1.82, 2.24) is 24.7 Å². The summed E-state index contributed by atoms with van der Waals surface area (Å²) in [7, 11) is 4.78. The van der Waals surface area contributed by atoms with Crippen LogP contribution in [0, 0.1) is 5.92 Å². The summed E-state index contributed by atoms with van der Waals surface area (Å²) in [5, 5.41) is 3.73. The van der Waals surface area contributed by atoms with E-state index in [1.807, 2.05) is 29.3 Å². The Morgan fingerprint density at radius 2 is 1.58 bits per heavy atom. The highest BCUT2D eigenvalue weighted by atomic mass is 16.5. The molecular formula is C43H52N6O8. The number of benzene rings is 2. The van der Waals surface area contributed by atoms with Crippen molar-refractivity contribution in [2.45, 2.75) is 64.5 Å². The molecule has 14 nitrogen and oxygen atoms in total. The molecule has 5 heterocycles. The Morgan fingerprint density at radius 1 is 0.860 bits per heavy atom. The molecule has 3 saturated heterocycles. The van der Waals surface area contributed by atoms with Crippen LogP contribution in [-0.4, -0.2) is 104 Å². The highest BCUT2D eigenvalue weighted by molar-refractivity contribution is 6.07. The molecule has 0 bridgehead atoms. The number of hydrogen-bond donors (Lipinski definition) is 1. The zero-order valence-electron chi connectivity index (χ0n) is 33.3. The van der Waals surface area contributed by atoms with Gasteiger partial charge in [-0.1, -0.05) is 13.3 Å². The van der Waals surface area contributed by atoms with E-state index in [9.17, 15) is 19.2 Å². The van der Waals surface area contributed by atoms with Crippen molar-refractivity contribution in [3.63, 3.8) is 0 Å². The van der Waals surface area contributed by atoms with Gasteiger partial charge in [-0.25, -0.2) is 4.79 Å². The number of unbranched alkanes of at least 4 members (excludes halogenated alkanes) is 1. The summed E-state index contributed by atoms with van der Waals surface area (Å²) in [4.78, 5) is 61.2. The highest BCUT2D eigenvalue weighted by Crippen LogP contribution is 2.44. The van der Waals surface area contributed by atoms with Gasteiger partial charge in [-0.3, -0.25) is 29.6 Å². The summed E-state index contributed by atoms with van der Waals surface area (Å²) in [6, 6.07) is 10.4. The van der Waals surface area contributed by atoms with Gasteiger partial charge in [0, 0.05) is 82.0 Å². The first-order chi connectivity index (χ1) is 27.7. The average Bonchev–Trinajstić information content (AvgIpc) is 3.24. The molecule has 4 aromatic rings. The van der Waals surface area contributed by atoms with E-state index in [-0.39, 0.29) is 36.4 Å². The fourth-order valence-electron chi connectivity index (χ4n) is 8.19. The number of anilines is 1. The van der Waals surface area contributed by atoms with Gasteiger partial charge in [0.2, 0.25) is 11.7 Å². The molecule has 3 aliphatic rings. The molecule has 0 aliphatic carbocycles. The van der Waals surface area contributed by atoms with Gasteiger partial charge in [-0.05, 0) is 85.4 Å². The van der Waals surface area contributed by atoms with Gasteiger partial charge in [0.05, 0.1) is 32.4 Å². The molecule has 4 amide bonds. The van der Waals surface area contributed by atoms with Crippen molar-refractivity contribution < 1.29 is 33.3 Å². The normalized spacial score (nSPS) is 17.1. The molecule has 2 aromatic carbocycles. The first-order valence-corrected chi connectivity index (χ1v) is 19.9. The first-order valence-electron chi connectivity index (χ1n) is 19.9. The Bertz CT molecular complexity index is 2150. The number of carbonyl (C=O) groups excluding carboxylic acids is 3. The van der Waals surface area contributed by atoms with Crippen LogP contribution < -0.4 is 34.7 Å². The monoisotopic (exact) mass is 780 g/mol. The van der Waals surface area contributed by atoms with E-state index in [2.05, 4.69) is 22.1 Å². The van der Waals surface area contributed by atoms with Crippen molar-refractivity contribution >= 4 is 34.3 Å². The van der Waals surface area contributed by atoms with Gasteiger partial charge in [0.25, 0.3) is 11.5 Å². The molecule has 57 heavy (non-hydrogen) atoms. The zero-order chi connectivity index (χ0) is 40.1. The maximum atomic E-state index is 13.6. The second-order valence-electron chi connectivity index (χ2n) is 15.0. The number of ether oxygens (including phenoxy) is 4. The van der Waals surface area contributed by atoms with Crippen LogP contribution in [0.3, 0.4) is 0 Å². The first kappa shape index (κ1) is 39.6. The lowest BCUT2D eigenvalue weighted by Crippen LogP contribution is -2.49. The molecule has 7 rings (SSSR count). The lowest BCUT2D eigenvalue weighted by Gasteiger charge is -2.38. The predicted octanol–water partition coefficient (Wildman–Crippen LogP) is 5.73. The number of carbonyl (C=O) groups is 3. The fourth-order valence-corrected chi connectivity index (χ4v) is 8.19. The van der Waals surface area contributed by atoms with Crippen LogP contribution in [0.25, 0.3) is 21.9 Å². The van der Waals surface area contributed by atoms with E-state index in [1.165, 1.54) is 12.0 Å². The maximum absolute atomic E-state index is 13.6. The summed E-state index contributed by atoms with van der Waals surface area (Å²) in [6.07, 6.45) is 10.8. The van der Waals surface area contributed by atoms with E-state index < -0.39 is 6.03 Å². The number of likely N-dealkylation sites (tertiary alicyclic amines) is 2. The van der Waals surface area contributed by atoms with Crippen LogP contribution in [0.1, 0.15) is 62.2 Å². The molecule has 14 heteroatoms. The number of pyridine rings is 2. The molecule has 0 radical (unpaired) electrons. The lowest BCUT2D eigenvalue weighted by atomic mass is 9.94. The third-order valence-corrected chi connectivity index (χ3v) is 11.4. The molecule has 0 spiro atoms. The molecule has 1 N–H and O–H groups in total. The number of urea groups is 1. The molecule has 0 unspecified atom stereocenters. The quantitative estimate of drug-likeness (QED) is 0.179. The van der Waals surface area contributed by atoms with Gasteiger partial charge in [-0.15, -0.1) is 0 Å². The molecular weight excluding hydrogens is 729 g/mol. The SMILES string of the molecule is CCCCn1cc(-c2cc(OC)c(OC3CCN(CC4CCN(C(=O)c5ccc(OC)c(N6CCC(=O)NC6=O)c5)CC4)CC3)c(OC)c2)c2ccncc2c1=O. The number of rotatable bonds is 13. The number of hydrogen-bond acceptors (Lipinski definition) is 10.